The lowest BCUT2D eigenvalue weighted by molar-refractivity contribution is -0.125. The Morgan fingerprint density at radius 2 is 2.14 bits per heavy atom. The second-order valence-electron chi connectivity index (χ2n) is 5.08. The molecule has 6 nitrogen and oxygen atoms in total. The van der Waals surface area contributed by atoms with E-state index in [-0.39, 0.29) is 11.8 Å². The van der Waals surface area contributed by atoms with E-state index in [0.29, 0.717) is 25.2 Å². The molecule has 2 heterocycles. The number of aromatic amines is 1. The van der Waals surface area contributed by atoms with Gasteiger partial charge in [-0.2, -0.15) is 0 Å². The minimum Gasteiger partial charge on any atom is -0.360 e. The van der Waals surface area contributed by atoms with E-state index in [4.69, 9.17) is 0 Å². The zero-order valence-electron chi connectivity index (χ0n) is 11.8. The molecule has 3 N–H and O–H groups in total. The number of nitrogens with zero attached hydrogens (tertiary/aromatic N) is 1. The van der Waals surface area contributed by atoms with E-state index in [1.165, 1.54) is 0 Å². The highest BCUT2D eigenvalue weighted by molar-refractivity contribution is 6.08. The third kappa shape index (κ3) is 2.38. The first-order valence-electron chi connectivity index (χ1n) is 7.02. The Balaban J connectivity index is 1.94. The van der Waals surface area contributed by atoms with Crippen LogP contribution in [0.25, 0.3) is 10.9 Å². The first-order valence-corrected chi connectivity index (χ1v) is 7.02. The highest BCUT2D eigenvalue weighted by Gasteiger charge is 2.32. The predicted molar refractivity (Wildman–Crippen MR) is 80.1 cm³/mol. The molecule has 0 aliphatic carbocycles. The van der Waals surface area contributed by atoms with Crippen LogP contribution >= 0.6 is 0 Å². The number of para-hydroxylation sites is 1. The van der Waals surface area contributed by atoms with Crippen LogP contribution in [0.2, 0.25) is 0 Å². The summed E-state index contributed by atoms with van der Waals surface area (Å²) < 4.78 is 0. The Bertz CT molecular complexity index is 679. The maximum absolute atomic E-state index is 12.8. The Morgan fingerprint density at radius 1 is 1.33 bits per heavy atom. The fourth-order valence-electron chi connectivity index (χ4n) is 2.75. The molecular formula is C15H18N4O2. The number of rotatable bonds is 2. The minimum atomic E-state index is -0.468. The first-order chi connectivity index (χ1) is 10.2. The van der Waals surface area contributed by atoms with E-state index in [1.54, 1.807) is 18.1 Å². The summed E-state index contributed by atoms with van der Waals surface area (Å²) in [6.07, 6.45) is 1.72. The number of nitrogens with one attached hydrogen (secondary N) is 3. The van der Waals surface area contributed by atoms with Gasteiger partial charge < -0.3 is 20.5 Å². The number of hydrogen-bond donors (Lipinski definition) is 3. The average Bonchev–Trinajstić information content (AvgIpc) is 2.97. The molecule has 1 aromatic carbocycles. The largest absolute Gasteiger partial charge is 0.360 e. The Hall–Kier alpha value is -2.34. The van der Waals surface area contributed by atoms with Crippen LogP contribution in [0.3, 0.4) is 0 Å². The number of fused-ring (bicyclic) bond motifs is 1. The number of carbonyl (C=O) groups is 2. The molecular weight excluding hydrogens is 268 g/mol. The molecule has 0 bridgehead atoms. The van der Waals surface area contributed by atoms with Gasteiger partial charge in [-0.05, 0) is 6.07 Å². The molecule has 1 atom stereocenters. The van der Waals surface area contributed by atoms with Gasteiger partial charge in [-0.25, -0.2) is 0 Å². The van der Waals surface area contributed by atoms with Crippen LogP contribution in [0, 0.1) is 0 Å². The molecule has 1 aliphatic heterocycles. The highest BCUT2D eigenvalue weighted by Crippen LogP contribution is 2.20. The van der Waals surface area contributed by atoms with Crippen molar-refractivity contribution in [3.8, 4) is 0 Å². The van der Waals surface area contributed by atoms with Crippen molar-refractivity contribution < 1.29 is 9.59 Å². The van der Waals surface area contributed by atoms with Crippen LogP contribution in [-0.2, 0) is 4.79 Å². The van der Waals surface area contributed by atoms with Gasteiger partial charge in [0, 0.05) is 43.8 Å². The molecule has 2 amide bonds. The van der Waals surface area contributed by atoms with E-state index in [2.05, 4.69) is 15.6 Å². The van der Waals surface area contributed by atoms with Gasteiger partial charge in [0.1, 0.15) is 6.04 Å². The van der Waals surface area contributed by atoms with Gasteiger partial charge in [0.25, 0.3) is 5.91 Å². The smallest absolute Gasteiger partial charge is 0.256 e. The van der Waals surface area contributed by atoms with Crippen LogP contribution in [-0.4, -0.2) is 54.4 Å². The van der Waals surface area contributed by atoms with Crippen LogP contribution in [0.15, 0.2) is 30.5 Å². The molecule has 0 saturated carbocycles. The monoisotopic (exact) mass is 286 g/mol. The Labute approximate surface area is 122 Å². The number of carbonyl (C=O) groups excluding carboxylic acids is 2. The van der Waals surface area contributed by atoms with Gasteiger partial charge in [0.15, 0.2) is 0 Å². The van der Waals surface area contributed by atoms with Gasteiger partial charge in [0.05, 0.1) is 5.56 Å². The predicted octanol–water partition coefficient (Wildman–Crippen LogP) is 0.328. The fraction of sp³-hybridized carbons (Fsp3) is 0.333. The van der Waals surface area contributed by atoms with Gasteiger partial charge in [-0.15, -0.1) is 0 Å². The number of piperazine rings is 1. The van der Waals surface area contributed by atoms with Crippen LogP contribution in [0.1, 0.15) is 10.4 Å². The lowest BCUT2D eigenvalue weighted by atomic mass is 10.1. The maximum Gasteiger partial charge on any atom is 0.256 e. The summed E-state index contributed by atoms with van der Waals surface area (Å²) in [5.41, 5.74) is 1.54. The number of benzene rings is 1. The summed E-state index contributed by atoms with van der Waals surface area (Å²) in [7, 11) is 1.59. The third-order valence-corrected chi connectivity index (χ3v) is 3.87. The third-order valence-electron chi connectivity index (χ3n) is 3.87. The number of H-pyrrole nitrogens is 1. The molecule has 1 fully saturated rings. The number of aromatic nitrogens is 1. The SMILES string of the molecule is CNC(=O)C1CNCCN1C(=O)c1c[nH]c2ccccc12. The van der Waals surface area contributed by atoms with Crippen molar-refractivity contribution in [1.82, 2.24) is 20.5 Å². The van der Waals surface area contributed by atoms with Crippen LogP contribution in [0.4, 0.5) is 0 Å². The molecule has 0 radical (unpaired) electrons. The summed E-state index contributed by atoms with van der Waals surface area (Å²) in [5, 5.41) is 6.66. The van der Waals surface area contributed by atoms with E-state index in [0.717, 1.165) is 10.9 Å². The van der Waals surface area contributed by atoms with Gasteiger partial charge in [-0.3, -0.25) is 9.59 Å². The standard InChI is InChI=1S/C15H18N4O2/c1-16-14(20)13-9-17-6-7-19(13)15(21)11-8-18-12-5-3-2-4-10(11)12/h2-5,8,13,17-18H,6-7,9H2,1H3,(H,16,20). The maximum atomic E-state index is 12.8. The normalized spacial score (nSPS) is 18.7. The molecule has 1 aliphatic rings. The molecule has 1 aromatic heterocycles. The van der Waals surface area contributed by atoms with Crippen molar-refractivity contribution in [3.63, 3.8) is 0 Å². The summed E-state index contributed by atoms with van der Waals surface area (Å²) >= 11 is 0. The van der Waals surface area contributed by atoms with Crippen LogP contribution in [0.5, 0.6) is 0 Å². The summed E-state index contributed by atoms with van der Waals surface area (Å²) in [4.78, 5) is 29.5. The van der Waals surface area contributed by atoms with E-state index in [1.807, 2.05) is 24.3 Å². The van der Waals surface area contributed by atoms with Gasteiger partial charge >= 0.3 is 0 Å². The van der Waals surface area contributed by atoms with Crippen LogP contribution < -0.4 is 10.6 Å². The van der Waals surface area contributed by atoms with Gasteiger partial charge in [-0.1, -0.05) is 18.2 Å². The first kappa shape index (κ1) is 13.6. The molecule has 1 unspecified atom stereocenters. The zero-order chi connectivity index (χ0) is 14.8. The van der Waals surface area contributed by atoms with Gasteiger partial charge in [0.2, 0.25) is 5.91 Å². The van der Waals surface area contributed by atoms with Crippen molar-refractivity contribution in [2.75, 3.05) is 26.7 Å². The lowest BCUT2D eigenvalue weighted by Crippen LogP contribution is -2.59. The Kier molecular flexibility index (Phi) is 3.62. The van der Waals surface area contributed by atoms with Crippen molar-refractivity contribution in [2.45, 2.75) is 6.04 Å². The fourth-order valence-corrected chi connectivity index (χ4v) is 2.75. The summed E-state index contributed by atoms with van der Waals surface area (Å²) in [6, 6.07) is 7.20. The minimum absolute atomic E-state index is 0.109. The van der Waals surface area contributed by atoms with Crippen molar-refractivity contribution in [3.05, 3.63) is 36.0 Å². The van der Waals surface area contributed by atoms with Crippen molar-refractivity contribution in [1.29, 1.82) is 0 Å². The topological polar surface area (TPSA) is 77.2 Å². The zero-order valence-corrected chi connectivity index (χ0v) is 11.8. The lowest BCUT2D eigenvalue weighted by Gasteiger charge is -2.34. The molecule has 1 saturated heterocycles. The molecule has 110 valence electrons. The summed E-state index contributed by atoms with van der Waals surface area (Å²) in [5.74, 6) is -0.252. The quantitative estimate of drug-likeness (QED) is 0.744. The van der Waals surface area contributed by atoms with E-state index in [9.17, 15) is 9.59 Å². The molecule has 21 heavy (non-hydrogen) atoms. The van der Waals surface area contributed by atoms with Crippen molar-refractivity contribution in [2.24, 2.45) is 0 Å². The van der Waals surface area contributed by atoms with E-state index >= 15 is 0 Å². The number of hydrogen-bond acceptors (Lipinski definition) is 3. The van der Waals surface area contributed by atoms with E-state index < -0.39 is 6.04 Å². The molecule has 0 spiro atoms. The number of likely N-dealkylation sites (N-methyl/N-ethyl adjacent to an activating group) is 1. The van der Waals surface area contributed by atoms with Crippen molar-refractivity contribution >= 4 is 22.7 Å². The average molecular weight is 286 g/mol. The Morgan fingerprint density at radius 3 is 2.95 bits per heavy atom. The second-order valence-corrected chi connectivity index (χ2v) is 5.08. The molecule has 6 heteroatoms. The molecule has 3 rings (SSSR count). The number of amides is 2. The summed E-state index contributed by atoms with van der Waals surface area (Å²) in [6.45, 7) is 1.70. The molecule has 2 aromatic rings. The highest BCUT2D eigenvalue weighted by atomic mass is 16.2. The second kappa shape index (κ2) is 5.57.